The highest BCUT2D eigenvalue weighted by molar-refractivity contribution is 6.31. The normalized spacial score (nSPS) is 18.1. The van der Waals surface area contributed by atoms with Gasteiger partial charge in [0.05, 0.1) is 28.7 Å². The lowest BCUT2D eigenvalue weighted by Gasteiger charge is -2.18. The highest BCUT2D eigenvalue weighted by atomic mass is 35.5. The van der Waals surface area contributed by atoms with Crippen LogP contribution >= 0.6 is 11.6 Å². The lowest BCUT2D eigenvalue weighted by Crippen LogP contribution is -2.34. The monoisotopic (exact) mass is 377 g/mol. The van der Waals surface area contributed by atoms with Gasteiger partial charge in [-0.2, -0.15) is 13.2 Å². The molecule has 0 aromatic carbocycles. The van der Waals surface area contributed by atoms with Gasteiger partial charge in [0.2, 0.25) is 11.8 Å². The Morgan fingerprint density at radius 2 is 2.16 bits per heavy atom. The van der Waals surface area contributed by atoms with Gasteiger partial charge < -0.3 is 10.2 Å². The van der Waals surface area contributed by atoms with Crippen molar-refractivity contribution >= 4 is 23.4 Å². The number of rotatable bonds is 5. The highest BCUT2D eigenvalue weighted by Gasteiger charge is 2.34. The Labute approximate surface area is 148 Å². The topological polar surface area (TPSA) is 62.3 Å². The Kier molecular flexibility index (Phi) is 5.92. The average Bonchev–Trinajstić information content (AvgIpc) is 2.85. The minimum atomic E-state index is -4.53. The van der Waals surface area contributed by atoms with E-state index in [9.17, 15) is 22.8 Å². The van der Waals surface area contributed by atoms with Crippen molar-refractivity contribution in [2.45, 2.75) is 33.0 Å². The minimum Gasteiger partial charge on any atom is -0.350 e. The van der Waals surface area contributed by atoms with Crippen molar-refractivity contribution in [3.63, 3.8) is 0 Å². The molecule has 0 spiro atoms. The molecule has 0 bridgehead atoms. The molecule has 1 atom stereocenters. The Morgan fingerprint density at radius 1 is 1.48 bits per heavy atom. The van der Waals surface area contributed by atoms with Gasteiger partial charge in [0.15, 0.2) is 0 Å². The maximum atomic E-state index is 12.6. The number of carbonyl (C=O) groups excluding carboxylic acids is 2. The maximum absolute atomic E-state index is 12.6. The molecule has 0 saturated carbocycles. The predicted octanol–water partition coefficient (Wildman–Crippen LogP) is 2.87. The molecule has 1 aliphatic heterocycles. The van der Waals surface area contributed by atoms with Gasteiger partial charge in [-0.3, -0.25) is 14.6 Å². The molecule has 1 unspecified atom stereocenters. The molecule has 25 heavy (non-hydrogen) atoms. The maximum Gasteiger partial charge on any atom is 0.417 e. The molecule has 2 rings (SSSR count). The smallest absolute Gasteiger partial charge is 0.350 e. The third-order valence-corrected chi connectivity index (χ3v) is 4.17. The van der Waals surface area contributed by atoms with Crippen LogP contribution in [-0.4, -0.2) is 34.8 Å². The van der Waals surface area contributed by atoms with E-state index in [1.807, 2.05) is 13.8 Å². The van der Waals surface area contributed by atoms with Crippen molar-refractivity contribution in [2.75, 3.05) is 13.1 Å². The van der Waals surface area contributed by atoms with Crippen LogP contribution in [0.1, 0.15) is 31.5 Å². The SMILES string of the molecule is CC(C)CN1CC(C(=O)NCc2ncc(C(F)(F)F)cc2Cl)CC1=O. The summed E-state index contributed by atoms with van der Waals surface area (Å²) in [5, 5.41) is 2.42. The van der Waals surface area contributed by atoms with E-state index in [0.717, 1.165) is 6.07 Å². The molecular weight excluding hydrogens is 359 g/mol. The van der Waals surface area contributed by atoms with E-state index in [2.05, 4.69) is 10.3 Å². The van der Waals surface area contributed by atoms with E-state index in [0.29, 0.717) is 25.2 Å². The summed E-state index contributed by atoms with van der Waals surface area (Å²) in [5.41, 5.74) is -0.801. The van der Waals surface area contributed by atoms with Crippen molar-refractivity contribution < 1.29 is 22.8 Å². The van der Waals surface area contributed by atoms with Gasteiger partial charge in [-0.15, -0.1) is 0 Å². The number of halogens is 4. The number of pyridine rings is 1. The van der Waals surface area contributed by atoms with E-state index < -0.39 is 17.7 Å². The van der Waals surface area contributed by atoms with Crippen LogP contribution in [0.15, 0.2) is 12.3 Å². The first-order valence-corrected chi connectivity index (χ1v) is 8.22. The zero-order valence-corrected chi connectivity index (χ0v) is 14.6. The number of hydrogen-bond acceptors (Lipinski definition) is 3. The first kappa shape index (κ1) is 19.5. The number of likely N-dealkylation sites (tertiary alicyclic amines) is 1. The number of nitrogens with zero attached hydrogens (tertiary/aromatic N) is 2. The zero-order chi connectivity index (χ0) is 18.8. The van der Waals surface area contributed by atoms with Gasteiger partial charge in [0.1, 0.15) is 0 Å². The molecule has 1 saturated heterocycles. The third-order valence-electron chi connectivity index (χ3n) is 3.85. The Morgan fingerprint density at radius 3 is 2.72 bits per heavy atom. The quantitative estimate of drug-likeness (QED) is 0.858. The van der Waals surface area contributed by atoms with Crippen LogP contribution in [0.3, 0.4) is 0 Å². The molecule has 138 valence electrons. The molecule has 1 aliphatic rings. The summed E-state index contributed by atoms with van der Waals surface area (Å²) in [6.07, 6.45) is -3.72. The van der Waals surface area contributed by atoms with Gasteiger partial charge in [-0.25, -0.2) is 0 Å². The average molecular weight is 378 g/mol. The van der Waals surface area contributed by atoms with Crippen LogP contribution in [0.2, 0.25) is 5.02 Å². The molecule has 1 fully saturated rings. The molecule has 0 aliphatic carbocycles. The molecule has 2 heterocycles. The van der Waals surface area contributed by atoms with Crippen molar-refractivity contribution in [3.8, 4) is 0 Å². The van der Waals surface area contributed by atoms with Gasteiger partial charge in [-0.05, 0) is 12.0 Å². The number of amides is 2. The Balaban J connectivity index is 1.93. The lowest BCUT2D eigenvalue weighted by molar-refractivity contribution is -0.138. The largest absolute Gasteiger partial charge is 0.417 e. The number of alkyl halides is 3. The molecular formula is C16H19ClF3N3O2. The van der Waals surface area contributed by atoms with Gasteiger partial charge >= 0.3 is 6.18 Å². The Hall–Kier alpha value is -1.83. The van der Waals surface area contributed by atoms with Gasteiger partial charge in [0.25, 0.3) is 0 Å². The fourth-order valence-electron chi connectivity index (χ4n) is 2.63. The van der Waals surface area contributed by atoms with E-state index >= 15 is 0 Å². The van der Waals surface area contributed by atoms with E-state index in [1.54, 1.807) is 4.90 Å². The summed E-state index contributed by atoms with van der Waals surface area (Å²) in [4.78, 5) is 29.4. The summed E-state index contributed by atoms with van der Waals surface area (Å²) < 4.78 is 37.7. The van der Waals surface area contributed by atoms with Crippen LogP contribution in [0.25, 0.3) is 0 Å². The van der Waals surface area contributed by atoms with Crippen LogP contribution in [0, 0.1) is 11.8 Å². The summed E-state index contributed by atoms with van der Waals surface area (Å²) >= 11 is 5.81. The number of aromatic nitrogens is 1. The van der Waals surface area contributed by atoms with Crippen LogP contribution in [0.5, 0.6) is 0 Å². The van der Waals surface area contributed by atoms with Crippen molar-refractivity contribution in [1.82, 2.24) is 15.2 Å². The highest BCUT2D eigenvalue weighted by Crippen LogP contribution is 2.31. The van der Waals surface area contributed by atoms with Crippen molar-refractivity contribution in [3.05, 3.63) is 28.5 Å². The number of nitrogens with one attached hydrogen (secondary N) is 1. The number of hydrogen-bond donors (Lipinski definition) is 1. The third kappa shape index (κ3) is 5.07. The second-order valence-corrected chi connectivity index (χ2v) is 6.87. The molecule has 1 aromatic heterocycles. The first-order valence-electron chi connectivity index (χ1n) is 7.85. The molecule has 9 heteroatoms. The molecule has 1 N–H and O–H groups in total. The molecule has 2 amide bonds. The summed E-state index contributed by atoms with van der Waals surface area (Å²) in [6.45, 7) is 4.81. The fourth-order valence-corrected chi connectivity index (χ4v) is 2.86. The summed E-state index contributed by atoms with van der Waals surface area (Å²) in [7, 11) is 0. The van der Waals surface area contributed by atoms with Crippen LogP contribution in [0.4, 0.5) is 13.2 Å². The lowest BCUT2D eigenvalue weighted by atomic mass is 10.1. The molecule has 0 radical (unpaired) electrons. The summed E-state index contributed by atoms with van der Waals surface area (Å²) in [5.74, 6) is -0.572. The fraction of sp³-hybridized carbons (Fsp3) is 0.562. The predicted molar refractivity (Wildman–Crippen MR) is 85.6 cm³/mol. The zero-order valence-electron chi connectivity index (χ0n) is 13.9. The van der Waals surface area contributed by atoms with Crippen LogP contribution < -0.4 is 5.32 Å². The summed E-state index contributed by atoms with van der Waals surface area (Å²) in [6, 6.07) is 0.777. The van der Waals surface area contributed by atoms with Gasteiger partial charge in [0, 0.05) is 25.7 Å². The Bertz CT molecular complexity index is 665. The second kappa shape index (κ2) is 7.59. The second-order valence-electron chi connectivity index (χ2n) is 6.46. The van der Waals surface area contributed by atoms with Crippen molar-refractivity contribution in [2.24, 2.45) is 11.8 Å². The van der Waals surface area contributed by atoms with Crippen LogP contribution in [-0.2, 0) is 22.3 Å². The first-order chi connectivity index (χ1) is 11.6. The van der Waals surface area contributed by atoms with Gasteiger partial charge in [-0.1, -0.05) is 25.4 Å². The minimum absolute atomic E-state index is 0.0699. The van der Waals surface area contributed by atoms with E-state index in [1.165, 1.54) is 0 Å². The van der Waals surface area contributed by atoms with Crippen molar-refractivity contribution in [1.29, 1.82) is 0 Å². The van der Waals surface area contributed by atoms with E-state index in [-0.39, 0.29) is 35.5 Å². The number of carbonyl (C=O) groups is 2. The standard InChI is InChI=1S/C16H19ClF3N3O2/c1-9(2)7-23-8-10(3-14(23)24)15(25)22-6-13-12(17)4-11(5-21-13)16(18,19)20/h4-5,9-10H,3,6-8H2,1-2H3,(H,22,25). The molecule has 1 aromatic rings. The molecule has 5 nitrogen and oxygen atoms in total. The van der Waals surface area contributed by atoms with E-state index in [4.69, 9.17) is 11.6 Å².